The van der Waals surface area contributed by atoms with E-state index in [0.717, 1.165) is 19.2 Å². The lowest BCUT2D eigenvalue weighted by Gasteiger charge is -2.15. The van der Waals surface area contributed by atoms with Gasteiger partial charge in [0, 0.05) is 12.3 Å². The molecule has 23 heavy (non-hydrogen) atoms. The van der Waals surface area contributed by atoms with Crippen molar-refractivity contribution in [2.45, 2.75) is 26.0 Å². The average Bonchev–Trinajstić information content (AvgIpc) is 2.75. The largest absolute Gasteiger partial charge is 0.574 e. The van der Waals surface area contributed by atoms with E-state index in [-0.39, 0.29) is 5.65 Å². The second-order valence-corrected chi connectivity index (χ2v) is 4.20. The topological polar surface area (TPSA) is 86.0 Å². The first-order chi connectivity index (χ1) is 10.6. The molecule has 0 unspecified atom stereocenters. The standard InChI is InChI=1S/C11H8F5N3O4/c1-4(22-10(12)13)8-5(9(20)21)3-17-6-2-7(18-19(6)8)23-11(14,15)16/h2-4,10H,1H3,(H,20,21)/t4-/m0/s1. The van der Waals surface area contributed by atoms with Crippen LogP contribution < -0.4 is 4.74 Å². The summed E-state index contributed by atoms with van der Waals surface area (Å²) in [5, 5.41) is 12.5. The number of hydrogen-bond donors (Lipinski definition) is 1. The fourth-order valence-electron chi connectivity index (χ4n) is 1.87. The summed E-state index contributed by atoms with van der Waals surface area (Å²) in [6.07, 6.45) is -5.71. The third kappa shape index (κ3) is 3.83. The molecule has 0 aliphatic carbocycles. The van der Waals surface area contributed by atoms with Crippen LogP contribution in [0.5, 0.6) is 5.88 Å². The smallest absolute Gasteiger partial charge is 0.478 e. The number of halogens is 5. The predicted octanol–water partition coefficient (Wildman–Crippen LogP) is 2.63. The molecule has 0 aliphatic rings. The molecule has 7 nitrogen and oxygen atoms in total. The number of aromatic nitrogens is 3. The van der Waals surface area contributed by atoms with E-state index >= 15 is 0 Å². The maximum Gasteiger partial charge on any atom is 0.574 e. The van der Waals surface area contributed by atoms with Gasteiger partial charge < -0.3 is 14.6 Å². The second-order valence-electron chi connectivity index (χ2n) is 4.20. The zero-order chi connectivity index (χ0) is 17.4. The van der Waals surface area contributed by atoms with Crippen LogP contribution in [0.1, 0.15) is 29.1 Å². The van der Waals surface area contributed by atoms with E-state index in [1.54, 1.807) is 0 Å². The molecule has 0 fully saturated rings. The normalized spacial score (nSPS) is 13.5. The number of alkyl halides is 5. The van der Waals surface area contributed by atoms with Gasteiger partial charge in [0.2, 0.25) is 5.88 Å². The summed E-state index contributed by atoms with van der Waals surface area (Å²) in [6, 6.07) is 0.776. The molecule has 0 spiro atoms. The Bertz CT molecular complexity index is 730. The van der Waals surface area contributed by atoms with E-state index in [1.807, 2.05) is 0 Å². The molecule has 0 amide bonds. The van der Waals surface area contributed by atoms with E-state index in [0.29, 0.717) is 4.52 Å². The molecular formula is C11H8F5N3O4. The highest BCUT2D eigenvalue weighted by Crippen LogP contribution is 2.27. The van der Waals surface area contributed by atoms with E-state index in [9.17, 15) is 26.7 Å². The molecule has 2 heterocycles. The van der Waals surface area contributed by atoms with Crippen molar-refractivity contribution in [2.24, 2.45) is 0 Å². The molecule has 1 atom stereocenters. The highest BCUT2D eigenvalue weighted by molar-refractivity contribution is 5.89. The first-order valence-electron chi connectivity index (χ1n) is 5.90. The Morgan fingerprint density at radius 2 is 2.04 bits per heavy atom. The van der Waals surface area contributed by atoms with Gasteiger partial charge in [-0.05, 0) is 6.92 Å². The van der Waals surface area contributed by atoms with Crippen LogP contribution in [-0.2, 0) is 4.74 Å². The van der Waals surface area contributed by atoms with Crippen LogP contribution in [0.4, 0.5) is 22.0 Å². The zero-order valence-electron chi connectivity index (χ0n) is 11.2. The SMILES string of the molecule is C[C@H](OC(F)F)c1c(C(=O)O)cnc2cc(OC(F)(F)F)nn12. The Kier molecular flexibility index (Phi) is 4.36. The number of fused-ring (bicyclic) bond motifs is 1. The molecule has 0 saturated heterocycles. The molecule has 1 N–H and O–H groups in total. The van der Waals surface area contributed by atoms with E-state index in [2.05, 4.69) is 19.6 Å². The minimum atomic E-state index is -5.03. The summed E-state index contributed by atoms with van der Waals surface area (Å²) in [6.45, 7) is -2.13. The molecule has 0 aliphatic heterocycles. The van der Waals surface area contributed by atoms with Crippen molar-refractivity contribution in [1.29, 1.82) is 0 Å². The van der Waals surface area contributed by atoms with E-state index < -0.39 is 42.2 Å². The summed E-state index contributed by atoms with van der Waals surface area (Å²) in [7, 11) is 0. The Labute approximate surface area is 124 Å². The number of nitrogens with zero attached hydrogens (tertiary/aromatic N) is 3. The monoisotopic (exact) mass is 341 g/mol. The lowest BCUT2D eigenvalue weighted by Crippen LogP contribution is -2.18. The minimum absolute atomic E-state index is 0.228. The van der Waals surface area contributed by atoms with Gasteiger partial charge in [-0.1, -0.05) is 0 Å². The molecule has 126 valence electrons. The van der Waals surface area contributed by atoms with Crippen LogP contribution in [0.25, 0.3) is 5.65 Å². The van der Waals surface area contributed by atoms with Crippen molar-refractivity contribution < 1.29 is 41.3 Å². The van der Waals surface area contributed by atoms with Gasteiger partial charge >= 0.3 is 18.9 Å². The summed E-state index contributed by atoms with van der Waals surface area (Å²) in [5.74, 6) is -2.45. The maximum absolute atomic E-state index is 12.3. The Balaban J connectivity index is 2.58. The van der Waals surface area contributed by atoms with Crippen molar-refractivity contribution in [1.82, 2.24) is 14.6 Å². The number of carbonyl (C=O) groups is 1. The molecule has 0 saturated carbocycles. The predicted molar refractivity (Wildman–Crippen MR) is 62.1 cm³/mol. The quantitative estimate of drug-likeness (QED) is 0.842. The second kappa shape index (κ2) is 5.95. The summed E-state index contributed by atoms with van der Waals surface area (Å²) in [4.78, 5) is 14.8. The summed E-state index contributed by atoms with van der Waals surface area (Å²) < 4.78 is 69.7. The van der Waals surface area contributed by atoms with E-state index in [4.69, 9.17) is 5.11 Å². The third-order valence-electron chi connectivity index (χ3n) is 2.64. The van der Waals surface area contributed by atoms with Crippen LogP contribution in [0.15, 0.2) is 12.3 Å². The minimum Gasteiger partial charge on any atom is -0.478 e. The van der Waals surface area contributed by atoms with Crippen LogP contribution >= 0.6 is 0 Å². The first-order valence-corrected chi connectivity index (χ1v) is 5.90. The van der Waals surface area contributed by atoms with Crippen LogP contribution in [0.3, 0.4) is 0 Å². The van der Waals surface area contributed by atoms with Crippen molar-refractivity contribution in [3.8, 4) is 5.88 Å². The number of carboxylic acids is 1. The molecule has 12 heteroatoms. The van der Waals surface area contributed by atoms with Crippen molar-refractivity contribution in [3.05, 3.63) is 23.5 Å². The molecule has 2 aromatic heterocycles. The molecular weight excluding hydrogens is 333 g/mol. The van der Waals surface area contributed by atoms with Crippen molar-refractivity contribution >= 4 is 11.6 Å². The van der Waals surface area contributed by atoms with Gasteiger partial charge in [0.05, 0.1) is 5.69 Å². The lowest BCUT2D eigenvalue weighted by molar-refractivity contribution is -0.276. The van der Waals surface area contributed by atoms with Crippen molar-refractivity contribution in [3.63, 3.8) is 0 Å². The Hall–Kier alpha value is -2.50. The maximum atomic E-state index is 12.3. The van der Waals surface area contributed by atoms with Gasteiger partial charge in [-0.2, -0.15) is 8.78 Å². The molecule has 0 bridgehead atoms. The summed E-state index contributed by atoms with van der Waals surface area (Å²) in [5.41, 5.74) is -1.18. The summed E-state index contributed by atoms with van der Waals surface area (Å²) >= 11 is 0. The Morgan fingerprint density at radius 3 is 2.57 bits per heavy atom. The highest BCUT2D eigenvalue weighted by Gasteiger charge is 2.33. The van der Waals surface area contributed by atoms with Crippen LogP contribution in [0.2, 0.25) is 0 Å². The van der Waals surface area contributed by atoms with Gasteiger partial charge in [-0.15, -0.1) is 18.3 Å². The average molecular weight is 341 g/mol. The molecule has 0 radical (unpaired) electrons. The third-order valence-corrected chi connectivity index (χ3v) is 2.64. The molecule has 2 rings (SSSR count). The fourth-order valence-corrected chi connectivity index (χ4v) is 1.87. The molecule has 2 aromatic rings. The number of ether oxygens (including phenoxy) is 2. The molecule has 0 aromatic carbocycles. The van der Waals surface area contributed by atoms with Crippen LogP contribution in [0, 0.1) is 0 Å². The fraction of sp³-hybridized carbons (Fsp3) is 0.364. The zero-order valence-corrected chi connectivity index (χ0v) is 11.2. The lowest BCUT2D eigenvalue weighted by atomic mass is 10.1. The van der Waals surface area contributed by atoms with E-state index in [1.165, 1.54) is 0 Å². The number of aromatic carboxylic acids is 1. The van der Waals surface area contributed by atoms with Crippen molar-refractivity contribution in [2.75, 3.05) is 0 Å². The van der Waals surface area contributed by atoms with Gasteiger partial charge in [-0.25, -0.2) is 14.3 Å². The van der Waals surface area contributed by atoms with Gasteiger partial charge in [0.1, 0.15) is 11.7 Å². The van der Waals surface area contributed by atoms with Gasteiger partial charge in [0.15, 0.2) is 5.65 Å². The Morgan fingerprint density at radius 1 is 1.39 bits per heavy atom. The van der Waals surface area contributed by atoms with Crippen LogP contribution in [-0.4, -0.2) is 38.6 Å². The highest BCUT2D eigenvalue weighted by atomic mass is 19.4. The first kappa shape index (κ1) is 16.9. The van der Waals surface area contributed by atoms with Gasteiger partial charge in [-0.3, -0.25) is 0 Å². The van der Waals surface area contributed by atoms with Gasteiger partial charge in [0.25, 0.3) is 0 Å². The number of rotatable bonds is 5. The number of hydrogen-bond acceptors (Lipinski definition) is 5. The number of carboxylic acid groups (broad SMARTS) is 1.